The zero-order chi connectivity index (χ0) is 13.1. The van der Waals surface area contributed by atoms with E-state index < -0.39 is 5.91 Å². The molecule has 90 valence electrons. The number of nitrogens with zero attached hydrogens (tertiary/aromatic N) is 1. The normalized spacial score (nSPS) is 10.1. The first-order valence-corrected chi connectivity index (χ1v) is 5.80. The van der Waals surface area contributed by atoms with Gasteiger partial charge in [-0.05, 0) is 35.0 Å². The summed E-state index contributed by atoms with van der Waals surface area (Å²) in [5.74, 6) is 0.392. The van der Waals surface area contributed by atoms with Gasteiger partial charge in [0.25, 0.3) is 5.91 Å². The van der Waals surface area contributed by atoms with Gasteiger partial charge in [0.2, 0.25) is 0 Å². The van der Waals surface area contributed by atoms with E-state index in [2.05, 4.69) is 26.6 Å². The lowest BCUT2D eigenvalue weighted by Crippen LogP contribution is -2.27. The standard InChI is InChI=1S/C11H8BBrN2O3/c1-6-8(5-14-17-6)11(16)15-18-10-4-7(12)2-3-9(10)13/h2-5H,1H3,(H,15,16). The van der Waals surface area contributed by atoms with Crippen molar-refractivity contribution in [3.63, 3.8) is 0 Å². The average molecular weight is 307 g/mol. The SMILES string of the molecule is [B]c1ccc(Br)c(ONC(=O)c2cnoc2C)c1. The molecule has 5 nitrogen and oxygen atoms in total. The lowest BCUT2D eigenvalue weighted by Gasteiger charge is -2.08. The Morgan fingerprint density at radius 2 is 2.33 bits per heavy atom. The summed E-state index contributed by atoms with van der Waals surface area (Å²) in [5.41, 5.74) is 3.13. The number of halogens is 1. The summed E-state index contributed by atoms with van der Waals surface area (Å²) in [5, 5.41) is 3.51. The Morgan fingerprint density at radius 1 is 1.56 bits per heavy atom. The minimum Gasteiger partial charge on any atom is -0.378 e. The van der Waals surface area contributed by atoms with Gasteiger partial charge in [-0.25, -0.2) is 0 Å². The third-order valence-corrected chi connectivity index (χ3v) is 2.86. The summed E-state index contributed by atoms with van der Waals surface area (Å²) in [6.45, 7) is 1.64. The van der Waals surface area contributed by atoms with Crippen LogP contribution in [0.3, 0.4) is 0 Å². The van der Waals surface area contributed by atoms with Gasteiger partial charge in [0, 0.05) is 0 Å². The van der Waals surface area contributed by atoms with Crippen LogP contribution < -0.4 is 15.8 Å². The number of nitrogens with one attached hydrogen (secondary N) is 1. The molecule has 2 radical (unpaired) electrons. The molecule has 0 aliphatic heterocycles. The highest BCUT2D eigenvalue weighted by Gasteiger charge is 2.13. The molecule has 1 N–H and O–H groups in total. The molecule has 1 heterocycles. The van der Waals surface area contributed by atoms with Crippen molar-refractivity contribution in [1.82, 2.24) is 10.6 Å². The topological polar surface area (TPSA) is 64.4 Å². The van der Waals surface area contributed by atoms with E-state index in [-0.39, 0.29) is 0 Å². The Labute approximate surface area is 113 Å². The van der Waals surface area contributed by atoms with Crippen molar-refractivity contribution in [1.29, 1.82) is 0 Å². The van der Waals surface area contributed by atoms with Crippen molar-refractivity contribution in [3.05, 3.63) is 40.2 Å². The van der Waals surface area contributed by atoms with Gasteiger partial charge in [-0.3, -0.25) is 4.79 Å². The predicted molar refractivity (Wildman–Crippen MR) is 68.9 cm³/mol. The van der Waals surface area contributed by atoms with Crippen LogP contribution in [-0.2, 0) is 0 Å². The van der Waals surface area contributed by atoms with Crippen molar-refractivity contribution in [2.24, 2.45) is 0 Å². The van der Waals surface area contributed by atoms with E-state index >= 15 is 0 Å². The van der Waals surface area contributed by atoms with Gasteiger partial charge in [0.15, 0.2) is 5.75 Å². The van der Waals surface area contributed by atoms with Crippen LogP contribution in [0.5, 0.6) is 5.75 Å². The predicted octanol–water partition coefficient (Wildman–Crippen LogP) is 1.26. The molecule has 0 spiro atoms. The van der Waals surface area contributed by atoms with E-state index in [4.69, 9.17) is 17.2 Å². The van der Waals surface area contributed by atoms with Crippen LogP contribution in [0.15, 0.2) is 33.4 Å². The molecule has 0 saturated carbocycles. The number of hydroxylamine groups is 1. The Kier molecular flexibility index (Phi) is 3.71. The van der Waals surface area contributed by atoms with E-state index in [0.717, 1.165) is 0 Å². The number of benzene rings is 1. The molecule has 1 aromatic carbocycles. The van der Waals surface area contributed by atoms with Crippen LogP contribution in [0.1, 0.15) is 16.1 Å². The fourth-order valence-corrected chi connectivity index (χ4v) is 1.60. The highest BCUT2D eigenvalue weighted by molar-refractivity contribution is 9.10. The Morgan fingerprint density at radius 3 is 3.00 bits per heavy atom. The molecule has 0 aliphatic rings. The first-order chi connectivity index (χ1) is 8.58. The molecule has 0 atom stereocenters. The van der Waals surface area contributed by atoms with Crippen LogP contribution in [0.25, 0.3) is 0 Å². The van der Waals surface area contributed by atoms with Gasteiger partial charge in [-0.2, -0.15) is 5.48 Å². The third kappa shape index (κ3) is 2.73. The quantitative estimate of drug-likeness (QED) is 0.685. The molecule has 2 rings (SSSR count). The van der Waals surface area contributed by atoms with E-state index in [1.54, 1.807) is 25.1 Å². The first-order valence-electron chi connectivity index (χ1n) is 5.01. The van der Waals surface area contributed by atoms with Crippen molar-refractivity contribution in [2.75, 3.05) is 0 Å². The summed E-state index contributed by atoms with van der Waals surface area (Å²) in [6, 6.07) is 5.02. The van der Waals surface area contributed by atoms with Crippen molar-refractivity contribution in [2.45, 2.75) is 6.92 Å². The first kappa shape index (κ1) is 12.7. The van der Waals surface area contributed by atoms with E-state index in [1.807, 2.05) is 0 Å². The van der Waals surface area contributed by atoms with Crippen LogP contribution in [0.2, 0.25) is 0 Å². The van der Waals surface area contributed by atoms with Gasteiger partial charge in [0.05, 0.1) is 10.7 Å². The molecule has 1 amide bonds. The lowest BCUT2D eigenvalue weighted by molar-refractivity contribution is 0.0757. The highest BCUT2D eigenvalue weighted by atomic mass is 79.9. The number of carbonyl (C=O) groups excluding carboxylic acids is 1. The Balaban J connectivity index is 2.06. The van der Waals surface area contributed by atoms with Crippen LogP contribution >= 0.6 is 15.9 Å². The van der Waals surface area contributed by atoms with Crippen LogP contribution in [0.4, 0.5) is 0 Å². The van der Waals surface area contributed by atoms with Crippen LogP contribution in [0, 0.1) is 6.92 Å². The largest absolute Gasteiger partial charge is 0.378 e. The second-order valence-corrected chi connectivity index (χ2v) is 4.37. The summed E-state index contributed by atoms with van der Waals surface area (Å²) in [4.78, 5) is 16.9. The molecular weight excluding hydrogens is 299 g/mol. The maximum Gasteiger partial charge on any atom is 0.289 e. The van der Waals surface area contributed by atoms with E-state index in [9.17, 15) is 4.79 Å². The van der Waals surface area contributed by atoms with Crippen molar-refractivity contribution in [3.8, 4) is 5.75 Å². The molecule has 1 aromatic heterocycles. The summed E-state index contributed by atoms with van der Waals surface area (Å²) >= 11 is 3.28. The average Bonchev–Trinajstić information content (AvgIpc) is 2.76. The minimum atomic E-state index is -0.442. The Bertz CT molecular complexity index is 585. The van der Waals surface area contributed by atoms with Gasteiger partial charge in [-0.1, -0.05) is 16.7 Å². The number of carbonyl (C=O) groups is 1. The molecule has 18 heavy (non-hydrogen) atoms. The lowest BCUT2D eigenvalue weighted by atomic mass is 9.96. The second-order valence-electron chi connectivity index (χ2n) is 3.52. The maximum absolute atomic E-state index is 11.7. The van der Waals surface area contributed by atoms with Crippen molar-refractivity contribution >= 4 is 35.1 Å². The molecule has 0 unspecified atom stereocenters. The minimum absolute atomic E-state index is 0.315. The molecule has 2 aromatic rings. The van der Waals surface area contributed by atoms with Gasteiger partial charge >= 0.3 is 0 Å². The summed E-state index contributed by atoms with van der Waals surface area (Å²) < 4.78 is 5.46. The molecule has 0 fully saturated rings. The summed E-state index contributed by atoms with van der Waals surface area (Å²) in [6.07, 6.45) is 1.32. The molecule has 0 saturated heterocycles. The molecule has 7 heteroatoms. The highest BCUT2D eigenvalue weighted by Crippen LogP contribution is 2.22. The monoisotopic (exact) mass is 306 g/mol. The van der Waals surface area contributed by atoms with Gasteiger partial charge in [0.1, 0.15) is 19.2 Å². The summed E-state index contributed by atoms with van der Waals surface area (Å²) in [7, 11) is 5.61. The Hall–Kier alpha value is -1.76. The second kappa shape index (κ2) is 5.26. The fraction of sp³-hybridized carbons (Fsp3) is 0.0909. The molecule has 0 aliphatic carbocycles. The third-order valence-electron chi connectivity index (χ3n) is 2.20. The number of aromatic nitrogens is 1. The molecular formula is C11H8BBrN2O3. The molecule has 0 bridgehead atoms. The van der Waals surface area contributed by atoms with Crippen molar-refractivity contribution < 1.29 is 14.2 Å². The van der Waals surface area contributed by atoms with Gasteiger partial charge in [-0.15, -0.1) is 0 Å². The van der Waals surface area contributed by atoms with E-state index in [0.29, 0.717) is 27.0 Å². The number of aryl methyl sites for hydroxylation is 1. The number of amides is 1. The number of hydrogen-bond donors (Lipinski definition) is 1. The number of rotatable bonds is 3. The zero-order valence-electron chi connectivity index (χ0n) is 9.44. The van der Waals surface area contributed by atoms with Gasteiger partial charge < -0.3 is 9.36 Å². The smallest absolute Gasteiger partial charge is 0.289 e. The zero-order valence-corrected chi connectivity index (χ0v) is 11.0. The maximum atomic E-state index is 11.7. The number of hydrogen-bond acceptors (Lipinski definition) is 4. The fourth-order valence-electron chi connectivity index (χ4n) is 1.27. The van der Waals surface area contributed by atoms with E-state index in [1.165, 1.54) is 6.20 Å². The van der Waals surface area contributed by atoms with Crippen LogP contribution in [-0.4, -0.2) is 18.9 Å².